The summed E-state index contributed by atoms with van der Waals surface area (Å²) < 4.78 is 44.6. The fourth-order valence-corrected chi connectivity index (χ4v) is 7.77. The van der Waals surface area contributed by atoms with E-state index < -0.39 is 28.9 Å². The average Bonchev–Trinajstić information content (AvgIpc) is 3.87. The third-order valence-electron chi connectivity index (χ3n) is 9.86. The van der Waals surface area contributed by atoms with Crippen LogP contribution in [-0.2, 0) is 43.8 Å². The number of benzene rings is 2. The fourth-order valence-electron chi connectivity index (χ4n) is 7.22. The Labute approximate surface area is 327 Å². The van der Waals surface area contributed by atoms with Gasteiger partial charge >= 0.3 is 35.0 Å². The smallest absolute Gasteiger partial charge is 0.481 e. The minimum absolute atomic E-state index is 0. The van der Waals surface area contributed by atoms with Crippen LogP contribution in [-0.4, -0.2) is 67.3 Å². The van der Waals surface area contributed by atoms with Gasteiger partial charge in [-0.3, -0.25) is 4.90 Å². The van der Waals surface area contributed by atoms with Crippen molar-refractivity contribution in [3.63, 3.8) is 0 Å². The van der Waals surface area contributed by atoms with E-state index in [0.29, 0.717) is 22.5 Å². The normalized spacial score (nSPS) is 19.2. The van der Waals surface area contributed by atoms with Crippen LogP contribution >= 0.6 is 23.2 Å². The average molecular weight is 823 g/mol. The predicted octanol–water partition coefficient (Wildman–Crippen LogP) is 5.12. The van der Waals surface area contributed by atoms with Crippen molar-refractivity contribution in [1.82, 2.24) is 39.6 Å². The van der Waals surface area contributed by atoms with Gasteiger partial charge in [-0.05, 0) is 42.5 Å². The summed E-state index contributed by atoms with van der Waals surface area (Å²) in [5.41, 5.74) is 3.57. The molecule has 2 saturated heterocycles. The molecule has 18 heteroatoms. The molecule has 2 aromatic carbocycles. The number of likely N-dealkylation sites (tertiary alicyclic amines) is 1. The molecular weight excluding hydrogens is 791 g/mol. The van der Waals surface area contributed by atoms with Gasteiger partial charge < -0.3 is 39.3 Å². The summed E-state index contributed by atoms with van der Waals surface area (Å²) in [4.78, 5) is 48.5. The van der Waals surface area contributed by atoms with Crippen LogP contribution in [0.25, 0.3) is 33.4 Å². The van der Waals surface area contributed by atoms with Gasteiger partial charge in [-0.1, -0.05) is 40.4 Å². The molecule has 1 spiro atoms. The molecule has 5 aromatic rings. The van der Waals surface area contributed by atoms with Crippen molar-refractivity contribution in [1.29, 1.82) is 0 Å². The minimum Gasteiger partial charge on any atom is -0.481 e. The zero-order chi connectivity index (χ0) is 37.8. The number of fused-ring (bicyclic) bond motifs is 2. The third kappa shape index (κ3) is 7.08. The summed E-state index contributed by atoms with van der Waals surface area (Å²) in [7, 11) is 4.09. The number of urea groups is 1. The molecule has 1 aliphatic carbocycles. The van der Waals surface area contributed by atoms with Crippen LogP contribution in [0.5, 0.6) is 5.88 Å². The van der Waals surface area contributed by atoms with Crippen molar-refractivity contribution in [2.24, 2.45) is 14.1 Å². The molecule has 1 radical (unpaired) electrons. The molecule has 12 nitrogen and oxygen atoms in total. The molecule has 2 N–H and O–H groups in total. The Kier molecular flexibility index (Phi) is 10.9. The first-order chi connectivity index (χ1) is 25.2. The predicted molar refractivity (Wildman–Crippen MR) is 191 cm³/mol. The first kappa shape index (κ1) is 39.2. The molecule has 0 saturated carbocycles. The zero-order valence-corrected chi connectivity index (χ0v) is 31.6. The number of halogens is 5. The number of hydrogen-bond acceptors (Lipinski definition) is 8. The van der Waals surface area contributed by atoms with E-state index in [1.165, 1.54) is 19.7 Å². The van der Waals surface area contributed by atoms with Gasteiger partial charge in [0, 0.05) is 55.9 Å². The van der Waals surface area contributed by atoms with Gasteiger partial charge in [0.2, 0.25) is 5.88 Å². The molecule has 2 aliphatic heterocycles. The summed E-state index contributed by atoms with van der Waals surface area (Å²) >= 11 is 13.3. The summed E-state index contributed by atoms with van der Waals surface area (Å²) in [5.74, 6) is -0.805. The Bertz CT molecular complexity index is 2410. The fraction of sp³-hybridized carbons (Fsp3) is 0.333. The molecule has 8 rings (SSSR count). The van der Waals surface area contributed by atoms with Crippen molar-refractivity contribution in [2.45, 2.75) is 37.0 Å². The van der Waals surface area contributed by atoms with Crippen LogP contribution in [0.1, 0.15) is 35.8 Å². The number of alkyl halides is 3. The number of ether oxygens (including phenoxy) is 1. The summed E-state index contributed by atoms with van der Waals surface area (Å²) in [6.07, 6.45) is 0.0920. The number of nitrogens with one attached hydrogen (secondary N) is 2. The van der Waals surface area contributed by atoms with Crippen molar-refractivity contribution < 1.29 is 39.8 Å². The molecular formula is C36H31Cl2F3MnN8O4. The van der Waals surface area contributed by atoms with Crippen molar-refractivity contribution >= 4 is 40.3 Å². The first-order valence-electron chi connectivity index (χ1n) is 16.5. The van der Waals surface area contributed by atoms with E-state index in [1.54, 1.807) is 13.2 Å². The van der Waals surface area contributed by atoms with Gasteiger partial charge in [-0.15, -0.1) is 17.2 Å². The van der Waals surface area contributed by atoms with E-state index in [4.69, 9.17) is 32.9 Å². The second-order valence-corrected chi connectivity index (χ2v) is 13.8. The van der Waals surface area contributed by atoms with E-state index in [2.05, 4.69) is 37.6 Å². The molecule has 2 unspecified atom stereocenters. The maximum absolute atomic E-state index is 12.4. The van der Waals surface area contributed by atoms with Gasteiger partial charge in [0.25, 0.3) is 0 Å². The number of rotatable bonds is 4. The third-order valence-corrected chi connectivity index (χ3v) is 10.6. The number of carbonyl (C=O) groups is 1. The second-order valence-electron chi connectivity index (χ2n) is 13.1. The molecule has 5 heterocycles. The number of aromatic nitrogens is 5. The minimum atomic E-state index is -4.76. The van der Waals surface area contributed by atoms with Crippen LogP contribution in [0.15, 0.2) is 52.1 Å². The van der Waals surface area contributed by atoms with Gasteiger partial charge in [0.05, 0.1) is 24.0 Å². The van der Waals surface area contributed by atoms with Crippen molar-refractivity contribution in [3.8, 4) is 28.3 Å². The topological polar surface area (TPSA) is 136 Å². The first-order valence-corrected chi connectivity index (χ1v) is 17.2. The monoisotopic (exact) mass is 821 g/mol. The van der Waals surface area contributed by atoms with Crippen LogP contribution in [0.2, 0.25) is 10.0 Å². The van der Waals surface area contributed by atoms with Gasteiger partial charge in [-0.2, -0.15) is 37.4 Å². The standard InChI is InChI=1S/C27H25Cl2N4O2.C9H6F3N4O2.Mn/c1-35-25-23-16(9-10-22(23)33-12-11-27(15-33)14-30-26(34)32-27)13-21(31-25)19-7-4-6-18(24(19)29)17-5-2-3-8-20(17)28;1-15-5-4(6(17)16(2)8(15)18)3-13-7(14-5)9(10,11)12;/h2-7,13,22H,9-12,14-15H2,1H3,(H2,30,32,34);1-2H3;/q2*-1;+2. The van der Waals surface area contributed by atoms with E-state index in [-0.39, 0.29) is 40.1 Å². The number of hydrogen-bond donors (Lipinski definition) is 2. The number of amides is 2. The maximum Gasteiger partial charge on any atom is 2.00 e. The maximum atomic E-state index is 12.4. The zero-order valence-electron chi connectivity index (χ0n) is 28.9. The van der Waals surface area contributed by atoms with E-state index in [0.717, 1.165) is 69.4 Å². The van der Waals surface area contributed by atoms with Crippen LogP contribution in [0.4, 0.5) is 18.0 Å². The quantitative estimate of drug-likeness (QED) is 0.189. The summed E-state index contributed by atoms with van der Waals surface area (Å²) in [5, 5.41) is 6.91. The molecule has 3 aliphatic rings. The van der Waals surface area contributed by atoms with Crippen LogP contribution in [0, 0.1) is 12.3 Å². The largest absolute Gasteiger partial charge is 2.00 e. The van der Waals surface area contributed by atoms with E-state index in [1.807, 2.05) is 36.5 Å². The molecule has 281 valence electrons. The van der Waals surface area contributed by atoms with E-state index in [9.17, 15) is 27.6 Å². The van der Waals surface area contributed by atoms with Gasteiger partial charge in [-0.25, -0.2) is 14.6 Å². The second kappa shape index (κ2) is 15.0. The summed E-state index contributed by atoms with van der Waals surface area (Å²) in [6.45, 7) is 2.43. The number of carbonyl (C=O) groups excluding carboxylic acids is 1. The van der Waals surface area contributed by atoms with E-state index >= 15 is 0 Å². The molecule has 0 bridgehead atoms. The van der Waals surface area contributed by atoms with Crippen molar-refractivity contribution in [2.75, 3.05) is 26.7 Å². The molecule has 2 amide bonds. The molecule has 2 atom stereocenters. The van der Waals surface area contributed by atoms with Crippen molar-refractivity contribution in [3.05, 3.63) is 103 Å². The Morgan fingerprint density at radius 2 is 1.78 bits per heavy atom. The molecule has 3 aromatic heterocycles. The number of nitrogens with zero attached hydrogens (tertiary/aromatic N) is 6. The Balaban J connectivity index is 0.000000222. The Hall–Kier alpha value is -4.47. The summed E-state index contributed by atoms with van der Waals surface area (Å²) in [6, 6.07) is 16.9. The number of pyridine rings is 1. The van der Waals surface area contributed by atoms with Crippen LogP contribution < -0.4 is 26.6 Å². The molecule has 54 heavy (non-hydrogen) atoms. The van der Waals surface area contributed by atoms with Gasteiger partial charge in [0.1, 0.15) is 0 Å². The number of aryl methyl sites for hydroxylation is 2. The van der Waals surface area contributed by atoms with Crippen LogP contribution in [0.3, 0.4) is 0 Å². The molecule has 2 fully saturated rings. The Morgan fingerprint density at radius 1 is 1.04 bits per heavy atom. The number of methoxy groups -OCH3 is 1. The SMILES string of the molecule is COc1nc(-c2cccc(-c3ccc[c-]c3Cl)c2Cl)cc2c1C(N1CCC3(CNC(=O)N3)C1)CC2.Cn1c(=O)c2[c-]nc(C(F)(F)F)nc2n(C)c1=O.[Mn+2]. The Morgan fingerprint density at radius 3 is 2.46 bits per heavy atom. The van der Waals surface area contributed by atoms with Gasteiger partial charge in [0.15, 0.2) is 11.4 Å².